The molecule has 214 valence electrons. The van der Waals surface area contributed by atoms with Crippen molar-refractivity contribution in [1.29, 1.82) is 0 Å². The third-order valence-electron chi connectivity index (χ3n) is 6.47. The van der Waals surface area contributed by atoms with Crippen molar-refractivity contribution in [3.63, 3.8) is 0 Å². The van der Waals surface area contributed by atoms with Gasteiger partial charge in [-0.1, -0.05) is 24.3 Å². The maximum atomic E-state index is 13.6. The van der Waals surface area contributed by atoms with Crippen molar-refractivity contribution in [3.8, 4) is 11.5 Å². The summed E-state index contributed by atoms with van der Waals surface area (Å²) >= 11 is 0. The molecule has 1 fully saturated rings. The van der Waals surface area contributed by atoms with Gasteiger partial charge in [-0.25, -0.2) is 18.6 Å². The molecule has 0 saturated heterocycles. The maximum absolute atomic E-state index is 13.6. The molecule has 0 atom stereocenters. The van der Waals surface area contributed by atoms with Gasteiger partial charge in [0.1, 0.15) is 22.9 Å². The Hall–Kier alpha value is -4.60. The summed E-state index contributed by atoms with van der Waals surface area (Å²) in [7, 11) is 1.37. The largest absolute Gasteiger partial charge is 0.493 e. The van der Waals surface area contributed by atoms with Crippen LogP contribution in [0.1, 0.15) is 61.6 Å². The number of methoxy groups -OCH3 is 1. The summed E-state index contributed by atoms with van der Waals surface area (Å²) in [5.41, 5.74) is -0.318. The average molecular weight is 565 g/mol. The van der Waals surface area contributed by atoms with Gasteiger partial charge in [-0.3, -0.25) is 9.59 Å². The standard InChI is InChI=1S/C31H30F2N2O6/c1-18(26(20-7-11-22(32)12-8-20)21-9-13-23(33)14-10-21)40-30(38)31(2,3)35-29(37)27-28(24(39-4)15-16-34-27)41-25(36)17-19-5-6-19/h7-16,19H,5-6,17H2,1-4H3,(H,35,37). The van der Waals surface area contributed by atoms with Crippen LogP contribution in [0.25, 0.3) is 5.57 Å². The summed E-state index contributed by atoms with van der Waals surface area (Å²) in [6.45, 7) is 4.42. The highest BCUT2D eigenvalue weighted by atomic mass is 19.1. The number of pyridine rings is 1. The van der Waals surface area contributed by atoms with Gasteiger partial charge in [0, 0.05) is 24.3 Å². The Morgan fingerprint density at radius 3 is 2.02 bits per heavy atom. The zero-order valence-electron chi connectivity index (χ0n) is 23.1. The van der Waals surface area contributed by atoms with Crippen LogP contribution < -0.4 is 14.8 Å². The third kappa shape index (κ3) is 7.33. The first-order chi connectivity index (χ1) is 19.5. The maximum Gasteiger partial charge on any atom is 0.336 e. The van der Waals surface area contributed by atoms with Gasteiger partial charge in [0.05, 0.1) is 7.11 Å². The van der Waals surface area contributed by atoms with E-state index >= 15 is 0 Å². The average Bonchev–Trinajstić information content (AvgIpc) is 3.74. The number of nitrogens with one attached hydrogen (secondary N) is 1. The van der Waals surface area contributed by atoms with Crippen molar-refractivity contribution in [2.24, 2.45) is 5.92 Å². The normalized spacial score (nSPS) is 12.7. The molecule has 2 aromatic carbocycles. The summed E-state index contributed by atoms with van der Waals surface area (Å²) in [6, 6.07) is 12.5. The van der Waals surface area contributed by atoms with E-state index in [0.717, 1.165) is 12.8 Å². The quantitative estimate of drug-likeness (QED) is 0.252. The molecular formula is C31H30F2N2O6. The number of rotatable bonds is 10. The number of hydrogen-bond donors (Lipinski definition) is 1. The molecule has 1 aliphatic rings. The van der Waals surface area contributed by atoms with E-state index in [1.807, 2.05) is 0 Å². The number of aromatic nitrogens is 1. The minimum absolute atomic E-state index is 0.136. The van der Waals surface area contributed by atoms with E-state index in [2.05, 4.69) is 10.3 Å². The number of halogens is 2. The fourth-order valence-electron chi connectivity index (χ4n) is 4.08. The van der Waals surface area contributed by atoms with Crippen LogP contribution in [0.15, 0.2) is 66.6 Å². The number of allylic oxidation sites excluding steroid dienone is 1. The number of carbonyl (C=O) groups excluding carboxylic acids is 3. The van der Waals surface area contributed by atoms with E-state index in [-0.39, 0.29) is 35.3 Å². The van der Waals surface area contributed by atoms with Crippen LogP contribution >= 0.6 is 0 Å². The lowest BCUT2D eigenvalue weighted by molar-refractivity contribution is -0.145. The number of esters is 2. The smallest absolute Gasteiger partial charge is 0.336 e. The van der Waals surface area contributed by atoms with E-state index in [1.165, 1.54) is 81.8 Å². The van der Waals surface area contributed by atoms with Gasteiger partial charge in [0.25, 0.3) is 5.91 Å². The topological polar surface area (TPSA) is 104 Å². The van der Waals surface area contributed by atoms with Crippen LogP contribution in [-0.4, -0.2) is 35.5 Å². The molecule has 3 aromatic rings. The highest BCUT2D eigenvalue weighted by Crippen LogP contribution is 2.35. The number of carbonyl (C=O) groups is 3. The Bertz CT molecular complexity index is 1430. The first-order valence-corrected chi connectivity index (χ1v) is 13.0. The van der Waals surface area contributed by atoms with Crippen LogP contribution in [0.3, 0.4) is 0 Å². The molecule has 4 rings (SSSR count). The molecule has 1 aliphatic carbocycles. The second-order valence-electron chi connectivity index (χ2n) is 10.2. The SMILES string of the molecule is COc1ccnc(C(=O)NC(C)(C)C(=O)OC(C)=C(c2ccc(F)cc2)c2ccc(F)cc2)c1OC(=O)CC1CC1. The molecule has 1 N–H and O–H groups in total. The molecule has 0 unspecified atom stereocenters. The lowest BCUT2D eigenvalue weighted by atomic mass is 9.96. The molecule has 1 amide bonds. The number of nitrogens with zero attached hydrogens (tertiary/aromatic N) is 1. The second kappa shape index (κ2) is 12.3. The van der Waals surface area contributed by atoms with E-state index in [0.29, 0.717) is 16.7 Å². The first kappa shape index (κ1) is 29.4. The van der Waals surface area contributed by atoms with E-state index < -0.39 is 35.0 Å². The Morgan fingerprint density at radius 1 is 0.951 bits per heavy atom. The van der Waals surface area contributed by atoms with Crippen LogP contribution in [0.4, 0.5) is 8.78 Å². The minimum Gasteiger partial charge on any atom is -0.493 e. The summed E-state index contributed by atoms with van der Waals surface area (Å²) < 4.78 is 43.6. The fraction of sp³-hybridized carbons (Fsp3) is 0.290. The van der Waals surface area contributed by atoms with Crippen molar-refractivity contribution >= 4 is 23.4 Å². The lowest BCUT2D eigenvalue weighted by Crippen LogP contribution is -2.50. The predicted octanol–water partition coefficient (Wildman–Crippen LogP) is 5.61. The van der Waals surface area contributed by atoms with Crippen molar-refractivity contribution in [2.45, 2.75) is 45.6 Å². The number of amides is 1. The number of hydrogen-bond acceptors (Lipinski definition) is 7. The van der Waals surface area contributed by atoms with Crippen LogP contribution in [0.2, 0.25) is 0 Å². The number of benzene rings is 2. The van der Waals surface area contributed by atoms with Crippen LogP contribution in [-0.2, 0) is 14.3 Å². The Labute approximate surface area is 236 Å². The van der Waals surface area contributed by atoms with Gasteiger partial charge in [0.15, 0.2) is 11.4 Å². The van der Waals surface area contributed by atoms with Gasteiger partial charge in [-0.15, -0.1) is 0 Å². The molecule has 10 heteroatoms. The lowest BCUT2D eigenvalue weighted by Gasteiger charge is -2.25. The van der Waals surface area contributed by atoms with Crippen LogP contribution in [0.5, 0.6) is 11.5 Å². The molecule has 0 spiro atoms. The molecule has 8 nitrogen and oxygen atoms in total. The third-order valence-corrected chi connectivity index (χ3v) is 6.47. The molecule has 1 heterocycles. The van der Waals surface area contributed by atoms with Crippen molar-refractivity contribution in [3.05, 3.63) is 95.0 Å². The summed E-state index contributed by atoms with van der Waals surface area (Å²) in [5.74, 6) is -2.62. The Balaban J connectivity index is 1.58. The van der Waals surface area contributed by atoms with Crippen LogP contribution in [0, 0.1) is 17.6 Å². The highest BCUT2D eigenvalue weighted by molar-refractivity contribution is 6.00. The van der Waals surface area contributed by atoms with Crippen molar-refractivity contribution < 1.29 is 37.4 Å². The summed E-state index contributed by atoms with van der Waals surface area (Å²) in [6.07, 6.45) is 3.43. The van der Waals surface area contributed by atoms with Gasteiger partial charge in [-0.05, 0) is 74.9 Å². The molecule has 41 heavy (non-hydrogen) atoms. The second-order valence-corrected chi connectivity index (χ2v) is 10.2. The van der Waals surface area contributed by atoms with E-state index in [4.69, 9.17) is 14.2 Å². The molecule has 1 saturated carbocycles. The number of ether oxygens (including phenoxy) is 3. The predicted molar refractivity (Wildman–Crippen MR) is 146 cm³/mol. The summed E-state index contributed by atoms with van der Waals surface area (Å²) in [4.78, 5) is 43.1. The van der Waals surface area contributed by atoms with Gasteiger partial charge in [0.2, 0.25) is 5.75 Å². The fourth-order valence-corrected chi connectivity index (χ4v) is 4.08. The van der Waals surface area contributed by atoms with Gasteiger partial charge in [-0.2, -0.15) is 0 Å². The zero-order valence-corrected chi connectivity index (χ0v) is 23.1. The van der Waals surface area contributed by atoms with Gasteiger partial charge < -0.3 is 19.5 Å². The zero-order chi connectivity index (χ0) is 29.7. The molecular weight excluding hydrogens is 534 g/mol. The van der Waals surface area contributed by atoms with Crippen molar-refractivity contribution in [1.82, 2.24) is 10.3 Å². The van der Waals surface area contributed by atoms with E-state index in [9.17, 15) is 23.2 Å². The highest BCUT2D eigenvalue weighted by Gasteiger charge is 2.35. The van der Waals surface area contributed by atoms with E-state index in [1.54, 1.807) is 6.92 Å². The minimum atomic E-state index is -1.57. The Morgan fingerprint density at radius 2 is 1.51 bits per heavy atom. The molecule has 0 aliphatic heterocycles. The van der Waals surface area contributed by atoms with Crippen molar-refractivity contribution in [2.75, 3.05) is 7.11 Å². The monoisotopic (exact) mass is 564 g/mol. The first-order valence-electron chi connectivity index (χ1n) is 13.0. The Kier molecular flexibility index (Phi) is 8.80. The van der Waals surface area contributed by atoms with Gasteiger partial charge >= 0.3 is 11.9 Å². The molecule has 0 radical (unpaired) electrons. The summed E-state index contributed by atoms with van der Waals surface area (Å²) in [5, 5.41) is 2.58. The molecule has 0 bridgehead atoms. The molecule has 1 aromatic heterocycles.